The molecule has 4 nitrogen and oxygen atoms in total. The van der Waals surface area contributed by atoms with E-state index in [0.29, 0.717) is 0 Å². The van der Waals surface area contributed by atoms with Crippen LogP contribution in [0, 0.1) is 0 Å². The number of alkyl halides is 2. The van der Waals surface area contributed by atoms with Gasteiger partial charge in [0.1, 0.15) is 0 Å². The van der Waals surface area contributed by atoms with Gasteiger partial charge in [-0.25, -0.2) is 0 Å². The molecule has 2 aromatic rings. The molecule has 0 aliphatic heterocycles. The fraction of sp³-hybridized carbons (Fsp3) is 0.143. The molecule has 0 aliphatic rings. The normalized spacial score (nSPS) is 10.3. The van der Waals surface area contributed by atoms with Gasteiger partial charge in [0.25, 0.3) is 0 Å². The van der Waals surface area contributed by atoms with Gasteiger partial charge in [-0.15, -0.1) is 0 Å². The van der Waals surface area contributed by atoms with Crippen molar-refractivity contribution in [3.05, 3.63) is 36.4 Å². The number of nitrogens with one attached hydrogen (secondary N) is 2. The molecule has 0 heterocycles. The van der Waals surface area contributed by atoms with E-state index in [9.17, 15) is 9.59 Å². The number of amides is 2. The Balaban J connectivity index is 2.25. The minimum atomic E-state index is -0.0921. The van der Waals surface area contributed by atoms with Gasteiger partial charge in [0.15, 0.2) is 0 Å². The molecule has 0 unspecified atom stereocenters. The Morgan fingerprint density at radius 2 is 1.20 bits per heavy atom. The Hall–Kier alpha value is -1.40. The Kier molecular flexibility index (Phi) is 5.14. The number of anilines is 2. The number of benzene rings is 2. The Morgan fingerprint density at radius 3 is 1.55 bits per heavy atom. The van der Waals surface area contributed by atoms with Crippen molar-refractivity contribution >= 4 is 65.8 Å². The van der Waals surface area contributed by atoms with E-state index in [1.54, 1.807) is 0 Å². The van der Waals surface area contributed by atoms with Crippen LogP contribution in [0.2, 0.25) is 0 Å². The first-order valence-corrected chi connectivity index (χ1v) is 8.12. The smallest absolute Gasteiger partial charge is 0.235 e. The third kappa shape index (κ3) is 3.80. The molecule has 20 heavy (non-hydrogen) atoms. The number of rotatable bonds is 4. The number of hydrogen-bond donors (Lipinski definition) is 2. The molecule has 0 atom stereocenters. The second kappa shape index (κ2) is 6.85. The monoisotopic (exact) mass is 398 g/mol. The third-order valence-electron chi connectivity index (χ3n) is 2.65. The molecule has 104 valence electrons. The Labute approximate surface area is 133 Å². The van der Waals surface area contributed by atoms with Crippen LogP contribution in [0.3, 0.4) is 0 Å². The summed E-state index contributed by atoms with van der Waals surface area (Å²) in [4.78, 5) is 22.6. The molecule has 0 spiro atoms. The van der Waals surface area contributed by atoms with Gasteiger partial charge in [-0.1, -0.05) is 44.0 Å². The van der Waals surface area contributed by atoms with Crippen molar-refractivity contribution in [1.29, 1.82) is 0 Å². The SMILES string of the molecule is O=C(CBr)Nc1ccc2cc(NC(=O)CBr)ccc2c1. The van der Waals surface area contributed by atoms with E-state index >= 15 is 0 Å². The maximum absolute atomic E-state index is 11.3. The highest BCUT2D eigenvalue weighted by molar-refractivity contribution is 9.09. The van der Waals surface area contributed by atoms with Gasteiger partial charge in [0, 0.05) is 11.4 Å². The Morgan fingerprint density at radius 1 is 0.800 bits per heavy atom. The summed E-state index contributed by atoms with van der Waals surface area (Å²) in [5.74, 6) is -0.184. The number of hydrogen-bond acceptors (Lipinski definition) is 2. The van der Waals surface area contributed by atoms with Crippen LogP contribution >= 0.6 is 31.9 Å². The van der Waals surface area contributed by atoms with E-state index in [1.165, 1.54) is 0 Å². The average molecular weight is 400 g/mol. The number of carbonyl (C=O) groups is 2. The predicted octanol–water partition coefficient (Wildman–Crippen LogP) is 3.51. The van der Waals surface area contributed by atoms with Crippen molar-refractivity contribution in [3.8, 4) is 0 Å². The zero-order chi connectivity index (χ0) is 14.5. The molecule has 2 amide bonds. The van der Waals surface area contributed by atoms with Gasteiger partial charge in [0.05, 0.1) is 10.7 Å². The van der Waals surface area contributed by atoms with E-state index in [2.05, 4.69) is 42.5 Å². The van der Waals surface area contributed by atoms with Crippen LogP contribution in [0.15, 0.2) is 36.4 Å². The van der Waals surface area contributed by atoms with E-state index < -0.39 is 0 Å². The molecular formula is C14H12Br2N2O2. The highest BCUT2D eigenvalue weighted by atomic mass is 79.9. The van der Waals surface area contributed by atoms with Crippen LogP contribution in [-0.2, 0) is 9.59 Å². The first-order valence-electron chi connectivity index (χ1n) is 5.88. The van der Waals surface area contributed by atoms with Gasteiger partial charge in [-0.3, -0.25) is 9.59 Å². The van der Waals surface area contributed by atoms with Crippen LogP contribution in [0.1, 0.15) is 0 Å². The average Bonchev–Trinajstić information content (AvgIpc) is 2.47. The van der Waals surface area contributed by atoms with Crippen LogP contribution in [0.4, 0.5) is 11.4 Å². The molecule has 2 rings (SSSR count). The lowest BCUT2D eigenvalue weighted by Gasteiger charge is -2.07. The standard InChI is InChI=1S/C14H12Br2N2O2/c15-7-13(19)17-11-3-1-9-5-12(18-14(20)8-16)4-2-10(9)6-11/h1-6H,7-8H2,(H,17,19)(H,18,20). The minimum Gasteiger partial charge on any atom is -0.325 e. The van der Waals surface area contributed by atoms with Crippen LogP contribution in [0.25, 0.3) is 10.8 Å². The van der Waals surface area contributed by atoms with Crippen molar-refractivity contribution in [2.75, 3.05) is 21.3 Å². The van der Waals surface area contributed by atoms with Crippen molar-refractivity contribution < 1.29 is 9.59 Å². The fourth-order valence-electron chi connectivity index (χ4n) is 1.79. The van der Waals surface area contributed by atoms with Gasteiger partial charge in [0.2, 0.25) is 11.8 Å². The molecule has 2 N–H and O–H groups in total. The van der Waals surface area contributed by atoms with Gasteiger partial charge < -0.3 is 10.6 Å². The van der Waals surface area contributed by atoms with Gasteiger partial charge in [-0.05, 0) is 35.0 Å². The topological polar surface area (TPSA) is 58.2 Å². The quantitative estimate of drug-likeness (QED) is 0.773. The maximum atomic E-state index is 11.3. The lowest BCUT2D eigenvalue weighted by molar-refractivity contribution is -0.114. The first kappa shape index (κ1) is 15.0. The van der Waals surface area contributed by atoms with Crippen molar-refractivity contribution in [1.82, 2.24) is 0 Å². The summed E-state index contributed by atoms with van der Waals surface area (Å²) in [6.45, 7) is 0. The molecule has 0 saturated carbocycles. The fourth-order valence-corrected chi connectivity index (χ4v) is 2.07. The lowest BCUT2D eigenvalue weighted by atomic mass is 10.1. The molecule has 0 radical (unpaired) electrons. The molecule has 6 heteroatoms. The van der Waals surface area contributed by atoms with Crippen LogP contribution < -0.4 is 10.6 Å². The summed E-state index contributed by atoms with van der Waals surface area (Å²) in [6, 6.07) is 11.3. The van der Waals surface area contributed by atoms with E-state index in [4.69, 9.17) is 0 Å². The second-order valence-electron chi connectivity index (χ2n) is 4.14. The zero-order valence-electron chi connectivity index (χ0n) is 10.5. The van der Waals surface area contributed by atoms with Crippen LogP contribution in [-0.4, -0.2) is 22.5 Å². The highest BCUT2D eigenvalue weighted by Crippen LogP contribution is 2.23. The zero-order valence-corrected chi connectivity index (χ0v) is 13.6. The van der Waals surface area contributed by atoms with E-state index in [0.717, 1.165) is 22.1 Å². The molecule has 0 aliphatic carbocycles. The van der Waals surface area contributed by atoms with Crippen molar-refractivity contribution in [2.45, 2.75) is 0 Å². The summed E-state index contributed by atoms with van der Waals surface area (Å²) in [5.41, 5.74) is 1.50. The number of halogens is 2. The Bertz CT molecular complexity index is 601. The highest BCUT2D eigenvalue weighted by Gasteiger charge is 2.03. The molecule has 0 bridgehead atoms. The molecular weight excluding hydrogens is 388 g/mol. The van der Waals surface area contributed by atoms with Gasteiger partial charge in [-0.2, -0.15) is 0 Å². The molecule has 0 fully saturated rings. The summed E-state index contributed by atoms with van der Waals surface area (Å²) in [7, 11) is 0. The first-order chi connectivity index (χ1) is 9.62. The summed E-state index contributed by atoms with van der Waals surface area (Å²) in [5, 5.41) is 8.08. The summed E-state index contributed by atoms with van der Waals surface area (Å²) >= 11 is 6.21. The lowest BCUT2D eigenvalue weighted by Crippen LogP contribution is -2.12. The molecule has 0 saturated heterocycles. The number of carbonyl (C=O) groups excluding carboxylic acids is 2. The van der Waals surface area contributed by atoms with Crippen molar-refractivity contribution in [2.24, 2.45) is 0 Å². The summed E-state index contributed by atoms with van der Waals surface area (Å²) in [6.07, 6.45) is 0. The van der Waals surface area contributed by atoms with E-state index in [-0.39, 0.29) is 22.5 Å². The summed E-state index contributed by atoms with van der Waals surface area (Å²) < 4.78 is 0. The second-order valence-corrected chi connectivity index (χ2v) is 5.26. The molecule has 0 aromatic heterocycles. The van der Waals surface area contributed by atoms with E-state index in [1.807, 2.05) is 36.4 Å². The minimum absolute atomic E-state index is 0.0921. The predicted molar refractivity (Wildman–Crippen MR) is 88.8 cm³/mol. The largest absolute Gasteiger partial charge is 0.325 e. The van der Waals surface area contributed by atoms with Crippen molar-refractivity contribution in [3.63, 3.8) is 0 Å². The van der Waals surface area contributed by atoms with Crippen LogP contribution in [0.5, 0.6) is 0 Å². The molecule has 2 aromatic carbocycles. The van der Waals surface area contributed by atoms with Gasteiger partial charge >= 0.3 is 0 Å². The maximum Gasteiger partial charge on any atom is 0.235 e. The number of fused-ring (bicyclic) bond motifs is 1. The third-order valence-corrected chi connectivity index (χ3v) is 3.67.